The van der Waals surface area contributed by atoms with Crippen LogP contribution >= 0.6 is 0 Å². The quantitative estimate of drug-likeness (QED) is 0.818. The van der Waals surface area contributed by atoms with E-state index in [0.29, 0.717) is 17.4 Å². The highest BCUT2D eigenvalue weighted by Gasteiger charge is 2.28. The van der Waals surface area contributed by atoms with Crippen molar-refractivity contribution < 1.29 is 4.79 Å². The van der Waals surface area contributed by atoms with Crippen LogP contribution in [0.5, 0.6) is 0 Å². The number of nitrogens with one attached hydrogen (secondary N) is 1. The zero-order chi connectivity index (χ0) is 14.0. The molecule has 1 atom stereocenters. The largest absolute Gasteiger partial charge is 0.397 e. The second-order valence-electron chi connectivity index (χ2n) is 5.76. The summed E-state index contributed by atoms with van der Waals surface area (Å²) >= 11 is 0. The molecule has 1 aromatic rings. The van der Waals surface area contributed by atoms with Gasteiger partial charge in [0.1, 0.15) is 5.69 Å². The minimum Gasteiger partial charge on any atom is -0.397 e. The van der Waals surface area contributed by atoms with Gasteiger partial charge in [0.25, 0.3) is 5.91 Å². The Balaban J connectivity index is 1.95. The lowest BCUT2D eigenvalue weighted by molar-refractivity contribution is 0.0927. The molecule has 5 heteroatoms. The summed E-state index contributed by atoms with van der Waals surface area (Å²) in [5.74, 6) is -0.0187. The van der Waals surface area contributed by atoms with Gasteiger partial charge in [0.05, 0.1) is 5.69 Å². The molecule has 2 rings (SSSR count). The van der Waals surface area contributed by atoms with Crippen LogP contribution in [-0.4, -0.2) is 42.1 Å². The second-order valence-corrected chi connectivity index (χ2v) is 5.76. The SMILES string of the molecule is CC(CCN(C)C)NC(=O)c1cc(N)cn1C1CC1. The molecule has 5 nitrogen and oxygen atoms in total. The van der Waals surface area contributed by atoms with Crippen LogP contribution in [0.4, 0.5) is 5.69 Å². The lowest BCUT2D eigenvalue weighted by Crippen LogP contribution is -2.35. The van der Waals surface area contributed by atoms with Crippen molar-refractivity contribution in [2.45, 2.75) is 38.3 Å². The number of carbonyl (C=O) groups is 1. The van der Waals surface area contributed by atoms with Gasteiger partial charge >= 0.3 is 0 Å². The highest BCUT2D eigenvalue weighted by molar-refractivity contribution is 5.94. The fraction of sp³-hybridized carbons (Fsp3) is 0.643. The Morgan fingerprint density at radius 1 is 1.58 bits per heavy atom. The molecule has 0 aromatic carbocycles. The van der Waals surface area contributed by atoms with Crippen LogP contribution in [0.1, 0.15) is 42.7 Å². The van der Waals surface area contributed by atoms with E-state index in [0.717, 1.165) is 25.8 Å². The molecule has 106 valence electrons. The van der Waals surface area contributed by atoms with Gasteiger partial charge in [0.15, 0.2) is 0 Å². The van der Waals surface area contributed by atoms with Gasteiger partial charge in [-0.1, -0.05) is 0 Å². The van der Waals surface area contributed by atoms with E-state index >= 15 is 0 Å². The number of nitrogens with zero attached hydrogens (tertiary/aromatic N) is 2. The Hall–Kier alpha value is -1.49. The first-order chi connectivity index (χ1) is 8.97. The molecule has 1 heterocycles. The zero-order valence-corrected chi connectivity index (χ0v) is 12.0. The fourth-order valence-corrected chi connectivity index (χ4v) is 2.16. The summed E-state index contributed by atoms with van der Waals surface area (Å²) in [6.45, 7) is 3.00. The number of anilines is 1. The van der Waals surface area contributed by atoms with Gasteiger partial charge in [-0.05, 0) is 52.9 Å². The standard InChI is InChI=1S/C14H24N4O/c1-10(6-7-17(2)3)16-14(19)13-8-11(15)9-18(13)12-4-5-12/h8-10,12H,4-7,15H2,1-3H3,(H,16,19). The number of amides is 1. The van der Waals surface area contributed by atoms with Crippen molar-refractivity contribution in [3.63, 3.8) is 0 Å². The smallest absolute Gasteiger partial charge is 0.268 e. The summed E-state index contributed by atoms with van der Waals surface area (Å²) < 4.78 is 2.02. The van der Waals surface area contributed by atoms with Crippen LogP contribution in [0.2, 0.25) is 0 Å². The maximum absolute atomic E-state index is 12.3. The summed E-state index contributed by atoms with van der Waals surface area (Å²) in [5.41, 5.74) is 7.16. The number of nitrogen functional groups attached to an aromatic ring is 1. The van der Waals surface area contributed by atoms with E-state index < -0.39 is 0 Å². The lowest BCUT2D eigenvalue weighted by Gasteiger charge is -2.17. The molecule has 1 aromatic heterocycles. The summed E-state index contributed by atoms with van der Waals surface area (Å²) in [6, 6.07) is 2.40. The summed E-state index contributed by atoms with van der Waals surface area (Å²) in [5, 5.41) is 3.05. The third kappa shape index (κ3) is 3.73. The first-order valence-electron chi connectivity index (χ1n) is 6.90. The first kappa shape index (κ1) is 13.9. The Labute approximate surface area is 114 Å². The van der Waals surface area contributed by atoms with Crippen LogP contribution in [-0.2, 0) is 0 Å². The van der Waals surface area contributed by atoms with Crippen molar-refractivity contribution in [3.8, 4) is 0 Å². The van der Waals surface area contributed by atoms with Gasteiger partial charge in [-0.3, -0.25) is 4.79 Å². The van der Waals surface area contributed by atoms with Gasteiger partial charge in [0.2, 0.25) is 0 Å². The second kappa shape index (κ2) is 5.65. The van der Waals surface area contributed by atoms with Gasteiger partial charge in [-0.15, -0.1) is 0 Å². The summed E-state index contributed by atoms with van der Waals surface area (Å²) in [6.07, 6.45) is 5.10. The van der Waals surface area contributed by atoms with Gasteiger partial charge < -0.3 is 20.5 Å². The molecule has 0 radical (unpaired) electrons. The van der Waals surface area contributed by atoms with Gasteiger partial charge in [-0.2, -0.15) is 0 Å². The Bertz CT molecular complexity index is 448. The molecule has 1 unspecified atom stereocenters. The molecule has 1 fully saturated rings. The third-order valence-electron chi connectivity index (χ3n) is 3.43. The van der Waals surface area contributed by atoms with Gasteiger partial charge in [-0.25, -0.2) is 0 Å². The molecule has 1 aliphatic rings. The third-order valence-corrected chi connectivity index (χ3v) is 3.43. The van der Waals surface area contributed by atoms with Crippen molar-refractivity contribution in [1.29, 1.82) is 0 Å². The highest BCUT2D eigenvalue weighted by Crippen LogP contribution is 2.37. The normalized spacial score (nSPS) is 16.6. The van der Waals surface area contributed by atoms with Crippen LogP contribution in [0, 0.1) is 0 Å². The fourth-order valence-electron chi connectivity index (χ4n) is 2.16. The van der Waals surface area contributed by atoms with Crippen molar-refractivity contribution >= 4 is 11.6 Å². The van der Waals surface area contributed by atoms with E-state index in [4.69, 9.17) is 5.73 Å². The van der Waals surface area contributed by atoms with E-state index in [9.17, 15) is 4.79 Å². The van der Waals surface area contributed by atoms with Crippen molar-refractivity contribution in [2.75, 3.05) is 26.4 Å². The highest BCUT2D eigenvalue weighted by atomic mass is 16.2. The van der Waals surface area contributed by atoms with Crippen molar-refractivity contribution in [1.82, 2.24) is 14.8 Å². The summed E-state index contributed by atoms with van der Waals surface area (Å²) in [7, 11) is 4.07. The van der Waals surface area contributed by atoms with Crippen LogP contribution < -0.4 is 11.1 Å². The number of nitrogens with two attached hydrogens (primary N) is 1. The molecule has 1 saturated carbocycles. The number of aromatic nitrogens is 1. The Morgan fingerprint density at radius 2 is 2.26 bits per heavy atom. The molecule has 0 aliphatic heterocycles. The number of hydrogen-bond acceptors (Lipinski definition) is 3. The molecule has 0 saturated heterocycles. The maximum Gasteiger partial charge on any atom is 0.268 e. The van der Waals surface area contributed by atoms with E-state index in [1.165, 1.54) is 0 Å². The number of rotatable bonds is 6. The summed E-state index contributed by atoms with van der Waals surface area (Å²) in [4.78, 5) is 14.4. The molecular weight excluding hydrogens is 240 g/mol. The van der Waals surface area contributed by atoms with E-state index in [2.05, 4.69) is 10.2 Å². The predicted molar refractivity (Wildman–Crippen MR) is 77.2 cm³/mol. The predicted octanol–water partition coefficient (Wildman–Crippen LogP) is 1.48. The van der Waals surface area contributed by atoms with Crippen molar-refractivity contribution in [2.24, 2.45) is 0 Å². The lowest BCUT2D eigenvalue weighted by atomic mass is 10.2. The van der Waals surface area contributed by atoms with Crippen LogP contribution in [0.15, 0.2) is 12.3 Å². The molecular formula is C14H24N4O. The van der Waals surface area contributed by atoms with Gasteiger partial charge in [0, 0.05) is 18.3 Å². The molecule has 19 heavy (non-hydrogen) atoms. The molecule has 3 N–H and O–H groups in total. The average Bonchev–Trinajstić information content (AvgIpc) is 3.09. The molecule has 1 amide bonds. The van der Waals surface area contributed by atoms with E-state index in [-0.39, 0.29) is 11.9 Å². The van der Waals surface area contributed by atoms with Crippen molar-refractivity contribution in [3.05, 3.63) is 18.0 Å². The monoisotopic (exact) mass is 264 g/mol. The molecule has 0 bridgehead atoms. The topological polar surface area (TPSA) is 63.3 Å². The maximum atomic E-state index is 12.3. The Morgan fingerprint density at radius 3 is 2.84 bits per heavy atom. The number of carbonyl (C=O) groups excluding carboxylic acids is 1. The minimum atomic E-state index is -0.0187. The first-order valence-corrected chi connectivity index (χ1v) is 6.90. The molecule has 1 aliphatic carbocycles. The van der Waals surface area contributed by atoms with Crippen LogP contribution in [0.3, 0.4) is 0 Å². The minimum absolute atomic E-state index is 0.0187. The average molecular weight is 264 g/mol. The Kier molecular flexibility index (Phi) is 4.14. The molecule has 0 spiro atoms. The van der Waals surface area contributed by atoms with E-state index in [1.54, 1.807) is 6.07 Å². The zero-order valence-electron chi connectivity index (χ0n) is 12.0. The van der Waals surface area contributed by atoms with E-state index in [1.807, 2.05) is 31.8 Å². The number of hydrogen-bond donors (Lipinski definition) is 2. The van der Waals surface area contributed by atoms with Crippen LogP contribution in [0.25, 0.3) is 0 Å².